The maximum Gasteiger partial charge on any atom is 0.185 e. The monoisotopic (exact) mass is 338 g/mol. The van der Waals surface area contributed by atoms with E-state index in [0.29, 0.717) is 18.0 Å². The second-order valence-corrected chi connectivity index (χ2v) is 6.14. The molecule has 0 saturated heterocycles. The second-order valence-electron chi connectivity index (χ2n) is 6.14. The predicted octanol–water partition coefficient (Wildman–Crippen LogP) is 3.85. The molecule has 0 bridgehead atoms. The largest absolute Gasteiger partial charge is 0.493 e. The number of hydrogen-bond acceptors (Lipinski definition) is 5. The Morgan fingerprint density at radius 3 is 2.92 bits per heavy atom. The van der Waals surface area contributed by atoms with Crippen LogP contribution in [0.1, 0.15) is 28.1 Å². The van der Waals surface area contributed by atoms with Crippen molar-refractivity contribution in [2.45, 2.75) is 19.9 Å². The van der Waals surface area contributed by atoms with Gasteiger partial charge in [0.25, 0.3) is 0 Å². The SMILES string of the molecule is Cc1c(C=O)oc2cccc(OCCCN(C)Cc3cccnc3)c12. The van der Waals surface area contributed by atoms with Gasteiger partial charge in [0.05, 0.1) is 12.0 Å². The normalized spacial score (nSPS) is 11.2. The van der Waals surface area contributed by atoms with Crippen LogP contribution in [0.25, 0.3) is 11.0 Å². The van der Waals surface area contributed by atoms with Crippen molar-refractivity contribution in [3.63, 3.8) is 0 Å². The lowest BCUT2D eigenvalue weighted by molar-refractivity contribution is 0.110. The molecule has 0 aliphatic rings. The quantitative estimate of drug-likeness (QED) is 0.461. The lowest BCUT2D eigenvalue weighted by atomic mass is 10.1. The van der Waals surface area contributed by atoms with E-state index in [1.807, 2.05) is 37.4 Å². The van der Waals surface area contributed by atoms with Crippen molar-refractivity contribution in [3.05, 3.63) is 59.6 Å². The molecule has 0 unspecified atom stereocenters. The van der Waals surface area contributed by atoms with Gasteiger partial charge in [-0.3, -0.25) is 9.78 Å². The standard InChI is InChI=1S/C20H22N2O3/c1-15-19(14-23)25-18-8-3-7-17(20(15)18)24-11-5-10-22(2)13-16-6-4-9-21-12-16/h3-4,6-9,12,14H,5,10-11,13H2,1-2H3. The molecular weight excluding hydrogens is 316 g/mol. The molecule has 5 heteroatoms. The molecule has 0 amide bonds. The molecule has 0 radical (unpaired) electrons. The third kappa shape index (κ3) is 4.06. The van der Waals surface area contributed by atoms with Crippen molar-refractivity contribution in [2.24, 2.45) is 0 Å². The number of fused-ring (bicyclic) bond motifs is 1. The van der Waals surface area contributed by atoms with Crippen LogP contribution in [-0.2, 0) is 6.54 Å². The smallest absolute Gasteiger partial charge is 0.185 e. The van der Waals surface area contributed by atoms with E-state index in [4.69, 9.17) is 9.15 Å². The molecule has 1 aromatic carbocycles. The fourth-order valence-electron chi connectivity index (χ4n) is 2.92. The van der Waals surface area contributed by atoms with Crippen molar-refractivity contribution >= 4 is 17.3 Å². The number of rotatable bonds is 8. The molecule has 25 heavy (non-hydrogen) atoms. The summed E-state index contributed by atoms with van der Waals surface area (Å²) in [5.74, 6) is 1.13. The number of aryl methyl sites for hydroxylation is 1. The number of hydrogen-bond donors (Lipinski definition) is 0. The molecular formula is C20H22N2O3. The highest BCUT2D eigenvalue weighted by molar-refractivity contribution is 5.93. The summed E-state index contributed by atoms with van der Waals surface area (Å²) in [6.45, 7) is 4.28. The first kappa shape index (κ1) is 17.2. The van der Waals surface area contributed by atoms with Crippen LogP contribution in [0.15, 0.2) is 47.1 Å². The number of aromatic nitrogens is 1. The topological polar surface area (TPSA) is 55.6 Å². The van der Waals surface area contributed by atoms with Gasteiger partial charge in [-0.15, -0.1) is 0 Å². The molecule has 0 atom stereocenters. The van der Waals surface area contributed by atoms with Crippen LogP contribution >= 0.6 is 0 Å². The van der Waals surface area contributed by atoms with Gasteiger partial charge >= 0.3 is 0 Å². The van der Waals surface area contributed by atoms with Gasteiger partial charge in [-0.25, -0.2) is 0 Å². The Kier molecular flexibility index (Phi) is 5.46. The molecule has 0 fully saturated rings. The van der Waals surface area contributed by atoms with E-state index in [9.17, 15) is 4.79 Å². The summed E-state index contributed by atoms with van der Waals surface area (Å²) in [6, 6.07) is 9.67. The highest BCUT2D eigenvalue weighted by Crippen LogP contribution is 2.32. The zero-order valence-electron chi connectivity index (χ0n) is 14.6. The van der Waals surface area contributed by atoms with E-state index < -0.39 is 0 Å². The number of aldehydes is 1. The number of furan rings is 1. The van der Waals surface area contributed by atoms with Gasteiger partial charge in [0.15, 0.2) is 12.0 Å². The number of nitrogens with zero attached hydrogens (tertiary/aromatic N) is 2. The Hall–Kier alpha value is -2.66. The third-order valence-electron chi connectivity index (χ3n) is 4.18. The van der Waals surface area contributed by atoms with Crippen LogP contribution in [0.4, 0.5) is 0 Å². The van der Waals surface area contributed by atoms with Gasteiger partial charge in [0, 0.05) is 31.0 Å². The van der Waals surface area contributed by atoms with E-state index in [-0.39, 0.29) is 0 Å². The van der Waals surface area contributed by atoms with Crippen LogP contribution in [0.3, 0.4) is 0 Å². The van der Waals surface area contributed by atoms with Crippen molar-refractivity contribution in [3.8, 4) is 5.75 Å². The first-order valence-electron chi connectivity index (χ1n) is 8.36. The van der Waals surface area contributed by atoms with Gasteiger partial charge in [-0.2, -0.15) is 0 Å². The van der Waals surface area contributed by atoms with Crippen LogP contribution in [0.5, 0.6) is 5.75 Å². The Bertz CT molecular complexity index is 843. The Morgan fingerprint density at radius 1 is 1.28 bits per heavy atom. The summed E-state index contributed by atoms with van der Waals surface area (Å²) in [6.07, 6.45) is 5.32. The first-order valence-corrected chi connectivity index (χ1v) is 8.36. The summed E-state index contributed by atoms with van der Waals surface area (Å²) in [5, 5.41) is 0.883. The minimum Gasteiger partial charge on any atom is -0.493 e. The summed E-state index contributed by atoms with van der Waals surface area (Å²) in [5.41, 5.74) is 2.71. The number of benzene rings is 1. The fraction of sp³-hybridized carbons (Fsp3) is 0.300. The maximum absolute atomic E-state index is 11.0. The zero-order chi connectivity index (χ0) is 17.6. The molecule has 130 valence electrons. The molecule has 0 N–H and O–H groups in total. The van der Waals surface area contributed by atoms with E-state index >= 15 is 0 Å². The van der Waals surface area contributed by atoms with Crippen LogP contribution < -0.4 is 4.74 Å². The van der Waals surface area contributed by atoms with Crippen LogP contribution in [-0.4, -0.2) is 36.4 Å². The molecule has 0 aliphatic heterocycles. The third-order valence-corrected chi connectivity index (χ3v) is 4.18. The first-order chi connectivity index (χ1) is 12.2. The van der Waals surface area contributed by atoms with E-state index in [1.165, 1.54) is 5.56 Å². The van der Waals surface area contributed by atoms with E-state index in [1.54, 1.807) is 6.20 Å². The number of ether oxygens (including phenoxy) is 1. The molecule has 0 aliphatic carbocycles. The fourth-order valence-corrected chi connectivity index (χ4v) is 2.92. The minimum absolute atomic E-state index is 0.363. The summed E-state index contributed by atoms with van der Waals surface area (Å²) < 4.78 is 11.5. The molecule has 3 rings (SSSR count). The van der Waals surface area contributed by atoms with Crippen molar-refractivity contribution in [2.75, 3.05) is 20.2 Å². The highest BCUT2D eigenvalue weighted by Gasteiger charge is 2.14. The number of carbonyl (C=O) groups excluding carboxylic acids is 1. The van der Waals surface area contributed by atoms with Gasteiger partial charge in [-0.05, 0) is 44.2 Å². The Labute approximate surface area is 147 Å². The summed E-state index contributed by atoms with van der Waals surface area (Å²) in [7, 11) is 2.09. The molecule has 2 aromatic heterocycles. The van der Waals surface area contributed by atoms with Crippen LogP contribution in [0, 0.1) is 6.92 Å². The maximum atomic E-state index is 11.0. The molecule has 5 nitrogen and oxygen atoms in total. The molecule has 0 saturated carbocycles. The Balaban J connectivity index is 1.55. The molecule has 0 spiro atoms. The average molecular weight is 338 g/mol. The lowest BCUT2D eigenvalue weighted by Crippen LogP contribution is -2.20. The number of pyridine rings is 1. The average Bonchev–Trinajstić information content (AvgIpc) is 2.96. The van der Waals surface area contributed by atoms with Crippen LogP contribution in [0.2, 0.25) is 0 Å². The van der Waals surface area contributed by atoms with Crippen molar-refractivity contribution < 1.29 is 13.9 Å². The van der Waals surface area contributed by atoms with E-state index in [2.05, 4.69) is 23.0 Å². The molecule has 3 aromatic rings. The zero-order valence-corrected chi connectivity index (χ0v) is 14.6. The van der Waals surface area contributed by atoms with Gasteiger partial charge in [-0.1, -0.05) is 12.1 Å². The van der Waals surface area contributed by atoms with Gasteiger partial charge in [0.1, 0.15) is 11.3 Å². The number of carbonyl (C=O) groups is 1. The summed E-state index contributed by atoms with van der Waals surface area (Å²) >= 11 is 0. The Morgan fingerprint density at radius 2 is 2.16 bits per heavy atom. The van der Waals surface area contributed by atoms with Crippen molar-refractivity contribution in [1.82, 2.24) is 9.88 Å². The van der Waals surface area contributed by atoms with E-state index in [0.717, 1.165) is 42.5 Å². The van der Waals surface area contributed by atoms with Gasteiger partial charge < -0.3 is 14.1 Å². The minimum atomic E-state index is 0.363. The molecule has 2 heterocycles. The van der Waals surface area contributed by atoms with Crippen molar-refractivity contribution in [1.29, 1.82) is 0 Å². The van der Waals surface area contributed by atoms with Gasteiger partial charge in [0.2, 0.25) is 0 Å². The predicted molar refractivity (Wildman–Crippen MR) is 97.0 cm³/mol. The summed E-state index contributed by atoms with van der Waals surface area (Å²) in [4.78, 5) is 17.4. The highest BCUT2D eigenvalue weighted by atomic mass is 16.5. The lowest BCUT2D eigenvalue weighted by Gasteiger charge is -2.16. The second kappa shape index (κ2) is 7.94.